The number of imidazole rings is 1. The van der Waals surface area contributed by atoms with Crippen molar-refractivity contribution in [3.05, 3.63) is 29.6 Å². The van der Waals surface area contributed by atoms with E-state index in [4.69, 9.17) is 5.11 Å². The van der Waals surface area contributed by atoms with Crippen molar-refractivity contribution >= 4 is 17.0 Å². The van der Waals surface area contributed by atoms with Crippen molar-refractivity contribution in [2.75, 3.05) is 0 Å². The van der Waals surface area contributed by atoms with Crippen molar-refractivity contribution in [3.8, 4) is 0 Å². The first-order chi connectivity index (χ1) is 7.11. The summed E-state index contributed by atoms with van der Waals surface area (Å²) in [6.07, 6.45) is -1.47. The third-order valence-electron chi connectivity index (χ3n) is 2.08. The van der Waals surface area contributed by atoms with Gasteiger partial charge in [0.1, 0.15) is 0 Å². The molecule has 0 aliphatic heterocycles. The summed E-state index contributed by atoms with van der Waals surface area (Å²) in [5.41, 5.74) is -0.201. The molecule has 78 valence electrons. The van der Waals surface area contributed by atoms with Gasteiger partial charge in [0.05, 0.1) is 22.9 Å². The minimum Gasteiger partial charge on any atom is -0.478 e. The van der Waals surface area contributed by atoms with Crippen LogP contribution in [0.5, 0.6) is 0 Å². The lowest BCUT2D eigenvalue weighted by atomic mass is 10.1. The molecule has 0 fully saturated rings. The minimum atomic E-state index is -2.67. The molecule has 0 saturated carbocycles. The lowest BCUT2D eigenvalue weighted by Gasteiger charge is -2.02. The van der Waals surface area contributed by atoms with E-state index in [1.807, 2.05) is 0 Å². The van der Waals surface area contributed by atoms with Crippen LogP contribution in [0.2, 0.25) is 0 Å². The summed E-state index contributed by atoms with van der Waals surface area (Å²) < 4.78 is 25.0. The first-order valence-corrected chi connectivity index (χ1v) is 4.08. The Labute approximate surface area is 82.6 Å². The molecular formula is C9H6F2N2O2. The molecule has 1 heterocycles. The number of carboxylic acids is 1. The van der Waals surface area contributed by atoms with E-state index in [0.717, 1.165) is 12.1 Å². The highest BCUT2D eigenvalue weighted by molar-refractivity contribution is 6.01. The van der Waals surface area contributed by atoms with Gasteiger partial charge in [0, 0.05) is 5.56 Å². The number of H-pyrrole nitrogens is 1. The first kappa shape index (κ1) is 9.57. The molecule has 2 N–H and O–H groups in total. The maximum absolute atomic E-state index is 12.5. The van der Waals surface area contributed by atoms with E-state index in [2.05, 4.69) is 9.97 Å². The van der Waals surface area contributed by atoms with Crippen molar-refractivity contribution in [2.24, 2.45) is 0 Å². The van der Waals surface area contributed by atoms with Crippen LogP contribution in [-0.4, -0.2) is 21.0 Å². The van der Waals surface area contributed by atoms with Gasteiger partial charge < -0.3 is 10.1 Å². The molecule has 4 nitrogen and oxygen atoms in total. The summed E-state index contributed by atoms with van der Waals surface area (Å²) in [6, 6.07) is 2.22. The van der Waals surface area contributed by atoms with E-state index in [1.165, 1.54) is 6.33 Å². The van der Waals surface area contributed by atoms with Crippen LogP contribution in [0.25, 0.3) is 11.0 Å². The maximum Gasteiger partial charge on any atom is 0.337 e. The summed E-state index contributed by atoms with van der Waals surface area (Å²) in [4.78, 5) is 17.0. The highest BCUT2D eigenvalue weighted by Crippen LogP contribution is 2.27. The summed E-state index contributed by atoms with van der Waals surface area (Å²) in [6.45, 7) is 0. The lowest BCUT2D eigenvalue weighted by Crippen LogP contribution is -1.99. The first-order valence-electron chi connectivity index (χ1n) is 4.08. The van der Waals surface area contributed by atoms with Crippen molar-refractivity contribution in [3.63, 3.8) is 0 Å². The zero-order valence-electron chi connectivity index (χ0n) is 7.37. The molecule has 0 amide bonds. The number of carboxylic acid groups (broad SMARTS) is 1. The number of aromatic amines is 1. The van der Waals surface area contributed by atoms with Gasteiger partial charge in [-0.05, 0) is 6.07 Å². The van der Waals surface area contributed by atoms with Crippen molar-refractivity contribution in [1.29, 1.82) is 0 Å². The molecule has 0 radical (unpaired) electrons. The fraction of sp³-hybridized carbons (Fsp3) is 0.111. The second-order valence-corrected chi connectivity index (χ2v) is 2.93. The molecule has 0 aliphatic carbocycles. The van der Waals surface area contributed by atoms with Crippen LogP contribution in [0.3, 0.4) is 0 Å². The number of benzene rings is 1. The van der Waals surface area contributed by atoms with Gasteiger partial charge in [-0.15, -0.1) is 0 Å². The molecule has 0 unspecified atom stereocenters. The molecule has 0 saturated heterocycles. The molecule has 2 aromatic rings. The minimum absolute atomic E-state index is 0.00454. The number of hydrogen-bond donors (Lipinski definition) is 2. The second-order valence-electron chi connectivity index (χ2n) is 2.93. The molecule has 6 heteroatoms. The number of nitrogens with one attached hydrogen (secondary N) is 1. The number of fused-ring (bicyclic) bond motifs is 1. The average Bonchev–Trinajstić information content (AvgIpc) is 2.63. The number of rotatable bonds is 2. The number of aromatic nitrogens is 2. The van der Waals surface area contributed by atoms with Gasteiger partial charge in [-0.25, -0.2) is 18.6 Å². The number of hydrogen-bond acceptors (Lipinski definition) is 2. The molecule has 0 bridgehead atoms. The van der Waals surface area contributed by atoms with Crippen LogP contribution in [0.4, 0.5) is 8.78 Å². The molecule has 0 atom stereocenters. The average molecular weight is 212 g/mol. The van der Waals surface area contributed by atoms with E-state index >= 15 is 0 Å². The van der Waals surface area contributed by atoms with Crippen LogP contribution < -0.4 is 0 Å². The largest absolute Gasteiger partial charge is 0.478 e. The Hall–Kier alpha value is -1.98. The number of alkyl halides is 2. The van der Waals surface area contributed by atoms with Crippen LogP contribution >= 0.6 is 0 Å². The third-order valence-corrected chi connectivity index (χ3v) is 2.08. The summed E-state index contributed by atoms with van der Waals surface area (Å²) in [5.74, 6) is -1.18. The number of nitrogens with zero attached hydrogens (tertiary/aromatic N) is 1. The topological polar surface area (TPSA) is 66.0 Å². The fourth-order valence-corrected chi connectivity index (χ4v) is 1.41. The number of halogens is 2. The zero-order chi connectivity index (χ0) is 11.0. The lowest BCUT2D eigenvalue weighted by molar-refractivity contribution is 0.0698. The van der Waals surface area contributed by atoms with Gasteiger partial charge >= 0.3 is 5.97 Å². The summed E-state index contributed by atoms with van der Waals surface area (Å²) in [5, 5.41) is 8.80. The van der Waals surface area contributed by atoms with Crippen LogP contribution in [0.1, 0.15) is 22.3 Å². The van der Waals surface area contributed by atoms with Gasteiger partial charge in [-0.3, -0.25) is 0 Å². The number of carbonyl (C=O) groups is 1. The van der Waals surface area contributed by atoms with Gasteiger partial charge in [0.15, 0.2) is 0 Å². The third kappa shape index (κ3) is 1.43. The SMILES string of the molecule is O=C(O)c1ccc(C(F)F)c2nc[nH]c12. The summed E-state index contributed by atoms with van der Waals surface area (Å²) >= 11 is 0. The van der Waals surface area contributed by atoms with E-state index in [1.54, 1.807) is 0 Å². The highest BCUT2D eigenvalue weighted by Gasteiger charge is 2.18. The Morgan fingerprint density at radius 2 is 2.20 bits per heavy atom. The molecule has 1 aromatic heterocycles. The predicted molar refractivity (Wildman–Crippen MR) is 48.0 cm³/mol. The highest BCUT2D eigenvalue weighted by atomic mass is 19.3. The van der Waals surface area contributed by atoms with Gasteiger partial charge in [0.2, 0.25) is 0 Å². The zero-order valence-corrected chi connectivity index (χ0v) is 7.37. The van der Waals surface area contributed by atoms with Gasteiger partial charge in [0.25, 0.3) is 6.43 Å². The van der Waals surface area contributed by atoms with Crippen molar-refractivity contribution < 1.29 is 18.7 Å². The van der Waals surface area contributed by atoms with Crippen LogP contribution in [0, 0.1) is 0 Å². The Balaban J connectivity index is 2.76. The standard InChI is InChI=1S/C9H6F2N2O2/c10-8(11)4-1-2-5(9(14)15)7-6(4)12-3-13-7/h1-3,8H,(H,12,13)(H,14,15). The van der Waals surface area contributed by atoms with E-state index in [9.17, 15) is 13.6 Å². The van der Waals surface area contributed by atoms with Crippen LogP contribution in [-0.2, 0) is 0 Å². The van der Waals surface area contributed by atoms with Crippen molar-refractivity contribution in [2.45, 2.75) is 6.43 Å². The molecule has 0 spiro atoms. The quantitative estimate of drug-likeness (QED) is 0.801. The molecule has 15 heavy (non-hydrogen) atoms. The van der Waals surface area contributed by atoms with E-state index in [-0.39, 0.29) is 22.2 Å². The smallest absolute Gasteiger partial charge is 0.337 e. The van der Waals surface area contributed by atoms with Crippen LogP contribution in [0.15, 0.2) is 18.5 Å². The maximum atomic E-state index is 12.5. The molecular weight excluding hydrogens is 206 g/mol. The number of aromatic carboxylic acids is 1. The molecule has 0 aliphatic rings. The van der Waals surface area contributed by atoms with Gasteiger partial charge in [-0.2, -0.15) is 0 Å². The Morgan fingerprint density at radius 3 is 2.80 bits per heavy atom. The Morgan fingerprint density at radius 1 is 1.47 bits per heavy atom. The molecule has 1 aromatic carbocycles. The normalized spacial score (nSPS) is 11.1. The predicted octanol–water partition coefficient (Wildman–Crippen LogP) is 2.20. The van der Waals surface area contributed by atoms with E-state index < -0.39 is 12.4 Å². The summed E-state index contributed by atoms with van der Waals surface area (Å²) in [7, 11) is 0. The fourth-order valence-electron chi connectivity index (χ4n) is 1.41. The van der Waals surface area contributed by atoms with Crippen molar-refractivity contribution in [1.82, 2.24) is 9.97 Å². The Bertz CT molecular complexity index is 522. The monoisotopic (exact) mass is 212 g/mol. The second kappa shape index (κ2) is 3.30. The molecule has 2 rings (SSSR count). The Kier molecular flexibility index (Phi) is 2.11. The van der Waals surface area contributed by atoms with Gasteiger partial charge in [-0.1, -0.05) is 6.07 Å². The van der Waals surface area contributed by atoms with E-state index in [0.29, 0.717) is 0 Å².